The maximum Gasteiger partial charge on any atom is 0.320 e. The van der Waals surface area contributed by atoms with Crippen LogP contribution in [0.15, 0.2) is 48.5 Å². The molecule has 8 nitrogen and oxygen atoms in total. The molecule has 202 valence electrons. The number of halogens is 2. The van der Waals surface area contributed by atoms with Crippen molar-refractivity contribution in [3.8, 4) is 5.69 Å². The number of ether oxygens (including phenoxy) is 1. The van der Waals surface area contributed by atoms with Crippen LogP contribution in [0.5, 0.6) is 0 Å². The van der Waals surface area contributed by atoms with Gasteiger partial charge in [-0.15, -0.1) is 0 Å². The fourth-order valence-electron chi connectivity index (χ4n) is 5.49. The average molecular weight is 525 g/mol. The van der Waals surface area contributed by atoms with Crippen molar-refractivity contribution in [2.45, 2.75) is 37.8 Å². The lowest BCUT2D eigenvalue weighted by molar-refractivity contribution is 0.159. The monoisotopic (exact) mass is 524 g/mol. The van der Waals surface area contributed by atoms with Crippen molar-refractivity contribution in [2.75, 3.05) is 45.2 Å². The van der Waals surface area contributed by atoms with Gasteiger partial charge in [-0.1, -0.05) is 24.3 Å². The number of likely N-dealkylation sites (tertiary alicyclic amines) is 1. The molecule has 2 fully saturated rings. The van der Waals surface area contributed by atoms with Crippen LogP contribution in [0.1, 0.15) is 41.6 Å². The molecule has 5 rings (SSSR count). The standard InChI is InChI=1S/C28H34F2N6O2/c1-18-26(24-9-6-12-31-24)34-36(20-7-4-3-5-8-20)27(18)33-28(37)32-25-17-35(13-14-38-2)16-21(25)19-10-11-22(29)23(30)15-19/h3-5,7-8,10-11,15,21,24-25,31H,6,9,12-14,16-17H2,1-2H3,(H2,32,33,37)/t21-,24-,25+/m0/s1. The van der Waals surface area contributed by atoms with E-state index in [0.717, 1.165) is 42.4 Å². The van der Waals surface area contributed by atoms with Crippen LogP contribution in [-0.2, 0) is 4.74 Å². The van der Waals surface area contributed by atoms with Gasteiger partial charge in [-0.05, 0) is 56.1 Å². The fourth-order valence-corrected chi connectivity index (χ4v) is 5.49. The lowest BCUT2D eigenvalue weighted by atomic mass is 9.94. The summed E-state index contributed by atoms with van der Waals surface area (Å²) in [7, 11) is 1.64. The predicted octanol–water partition coefficient (Wildman–Crippen LogP) is 4.12. The number of nitrogens with zero attached hydrogens (tertiary/aromatic N) is 3. The minimum Gasteiger partial charge on any atom is -0.383 e. The molecule has 2 aromatic carbocycles. The molecule has 3 atom stereocenters. The van der Waals surface area contributed by atoms with Crippen molar-refractivity contribution in [1.82, 2.24) is 25.3 Å². The normalized spacial score (nSPS) is 21.6. The predicted molar refractivity (Wildman–Crippen MR) is 142 cm³/mol. The molecule has 1 aromatic heterocycles. The number of hydrogen-bond donors (Lipinski definition) is 3. The molecule has 0 radical (unpaired) electrons. The van der Waals surface area contributed by atoms with Crippen molar-refractivity contribution in [2.24, 2.45) is 0 Å². The van der Waals surface area contributed by atoms with Crippen LogP contribution in [-0.4, -0.2) is 66.6 Å². The summed E-state index contributed by atoms with van der Waals surface area (Å²) in [5, 5.41) is 14.5. The highest BCUT2D eigenvalue weighted by molar-refractivity contribution is 5.90. The lowest BCUT2D eigenvalue weighted by Crippen LogP contribution is -2.42. The topological polar surface area (TPSA) is 83.4 Å². The van der Waals surface area contributed by atoms with E-state index in [4.69, 9.17) is 9.84 Å². The minimum absolute atomic E-state index is 0.144. The number of methoxy groups -OCH3 is 1. The highest BCUT2D eigenvalue weighted by Crippen LogP contribution is 2.32. The number of carbonyl (C=O) groups is 1. The van der Waals surface area contributed by atoms with E-state index in [1.807, 2.05) is 37.3 Å². The summed E-state index contributed by atoms with van der Waals surface area (Å²) in [6.07, 6.45) is 2.08. The Balaban J connectivity index is 1.39. The number of nitrogens with one attached hydrogen (secondary N) is 3. The van der Waals surface area contributed by atoms with Crippen LogP contribution in [0.3, 0.4) is 0 Å². The maximum atomic E-state index is 14.1. The van der Waals surface area contributed by atoms with E-state index in [1.54, 1.807) is 17.9 Å². The van der Waals surface area contributed by atoms with Gasteiger partial charge in [-0.3, -0.25) is 10.2 Å². The van der Waals surface area contributed by atoms with Crippen LogP contribution in [0.4, 0.5) is 19.4 Å². The first-order valence-electron chi connectivity index (χ1n) is 13.1. The van der Waals surface area contributed by atoms with E-state index in [2.05, 4.69) is 20.9 Å². The fraction of sp³-hybridized carbons (Fsp3) is 0.429. The Hall–Kier alpha value is -3.34. The summed E-state index contributed by atoms with van der Waals surface area (Å²) in [5.41, 5.74) is 3.33. The summed E-state index contributed by atoms with van der Waals surface area (Å²) >= 11 is 0. The third-order valence-electron chi connectivity index (χ3n) is 7.48. The van der Waals surface area contributed by atoms with Crippen molar-refractivity contribution in [1.29, 1.82) is 0 Å². The Kier molecular flexibility index (Phi) is 8.01. The van der Waals surface area contributed by atoms with Crippen molar-refractivity contribution < 1.29 is 18.3 Å². The zero-order chi connectivity index (χ0) is 26.6. The van der Waals surface area contributed by atoms with Gasteiger partial charge in [0.2, 0.25) is 0 Å². The van der Waals surface area contributed by atoms with Crippen molar-refractivity contribution >= 4 is 11.8 Å². The highest BCUT2D eigenvalue weighted by atomic mass is 19.2. The molecule has 0 unspecified atom stereocenters. The Morgan fingerprint density at radius 2 is 1.97 bits per heavy atom. The Morgan fingerprint density at radius 3 is 2.68 bits per heavy atom. The molecule has 2 aliphatic rings. The van der Waals surface area contributed by atoms with Crippen LogP contribution in [0, 0.1) is 18.6 Å². The third-order valence-corrected chi connectivity index (χ3v) is 7.48. The van der Waals surface area contributed by atoms with Crippen LogP contribution >= 0.6 is 0 Å². The molecule has 3 N–H and O–H groups in total. The van der Waals surface area contributed by atoms with E-state index in [9.17, 15) is 13.6 Å². The number of benzene rings is 2. The molecule has 3 heterocycles. The van der Waals surface area contributed by atoms with Gasteiger partial charge in [0.15, 0.2) is 11.6 Å². The van der Waals surface area contributed by atoms with E-state index >= 15 is 0 Å². The van der Waals surface area contributed by atoms with E-state index < -0.39 is 11.6 Å². The molecule has 0 bridgehead atoms. The number of amides is 2. The first-order chi connectivity index (χ1) is 18.4. The van der Waals surface area contributed by atoms with E-state index in [0.29, 0.717) is 37.6 Å². The van der Waals surface area contributed by atoms with Crippen molar-refractivity contribution in [3.05, 3.63) is 77.0 Å². The van der Waals surface area contributed by atoms with Crippen LogP contribution < -0.4 is 16.0 Å². The van der Waals surface area contributed by atoms with Crippen LogP contribution in [0.2, 0.25) is 0 Å². The Bertz CT molecular complexity index is 1260. The summed E-state index contributed by atoms with van der Waals surface area (Å²) < 4.78 is 34.7. The number of anilines is 1. The first kappa shape index (κ1) is 26.3. The molecular weight excluding hydrogens is 490 g/mol. The summed E-state index contributed by atoms with van der Waals surface area (Å²) in [4.78, 5) is 15.6. The zero-order valence-electron chi connectivity index (χ0n) is 21.7. The number of aromatic nitrogens is 2. The minimum atomic E-state index is -0.892. The molecule has 3 aromatic rings. The van der Waals surface area contributed by atoms with Gasteiger partial charge in [0.1, 0.15) is 5.82 Å². The largest absolute Gasteiger partial charge is 0.383 e. The Labute approximate surface area is 221 Å². The quantitative estimate of drug-likeness (QED) is 0.413. The summed E-state index contributed by atoms with van der Waals surface area (Å²) in [6.45, 7) is 5.29. The van der Waals surface area contributed by atoms with Gasteiger partial charge >= 0.3 is 6.03 Å². The number of hydrogen-bond acceptors (Lipinski definition) is 5. The summed E-state index contributed by atoms with van der Waals surface area (Å²) in [6, 6.07) is 13.1. The molecule has 0 aliphatic carbocycles. The SMILES string of the molecule is COCCN1C[C@@H](NC(=O)Nc2c(C)c([C@@H]3CCCN3)nn2-c2ccccc2)[C@H](c2ccc(F)c(F)c2)C1. The number of rotatable bonds is 8. The highest BCUT2D eigenvalue weighted by Gasteiger charge is 2.35. The smallest absolute Gasteiger partial charge is 0.320 e. The van der Waals surface area contributed by atoms with Gasteiger partial charge < -0.3 is 15.4 Å². The molecule has 0 saturated carbocycles. The second-order valence-corrected chi connectivity index (χ2v) is 9.99. The Morgan fingerprint density at radius 1 is 1.16 bits per heavy atom. The second kappa shape index (κ2) is 11.6. The maximum absolute atomic E-state index is 14.1. The average Bonchev–Trinajstić information content (AvgIpc) is 3.65. The van der Waals surface area contributed by atoms with Gasteiger partial charge in [0.05, 0.1) is 30.1 Å². The van der Waals surface area contributed by atoms with E-state index in [-0.39, 0.29) is 24.0 Å². The van der Waals surface area contributed by atoms with Gasteiger partial charge in [-0.2, -0.15) is 5.10 Å². The third kappa shape index (κ3) is 5.57. The van der Waals surface area contributed by atoms with Crippen molar-refractivity contribution in [3.63, 3.8) is 0 Å². The lowest BCUT2D eigenvalue weighted by Gasteiger charge is -2.21. The molecule has 2 amide bonds. The molecule has 38 heavy (non-hydrogen) atoms. The molecule has 2 saturated heterocycles. The van der Waals surface area contributed by atoms with E-state index in [1.165, 1.54) is 6.07 Å². The molecule has 0 spiro atoms. The number of urea groups is 1. The second-order valence-electron chi connectivity index (χ2n) is 9.99. The number of para-hydroxylation sites is 1. The molecule has 10 heteroatoms. The van der Waals surface area contributed by atoms with Crippen LogP contribution in [0.25, 0.3) is 5.69 Å². The molecular formula is C28H34F2N6O2. The van der Waals surface area contributed by atoms with Gasteiger partial charge in [-0.25, -0.2) is 18.3 Å². The first-order valence-corrected chi connectivity index (χ1v) is 13.1. The number of carbonyl (C=O) groups excluding carboxylic acids is 1. The zero-order valence-corrected chi connectivity index (χ0v) is 21.7. The van der Waals surface area contributed by atoms with Gasteiger partial charge in [0.25, 0.3) is 0 Å². The summed E-state index contributed by atoms with van der Waals surface area (Å²) in [5.74, 6) is -1.37. The molecule has 2 aliphatic heterocycles. The van der Waals surface area contributed by atoms with Gasteiger partial charge in [0, 0.05) is 38.2 Å².